The summed E-state index contributed by atoms with van der Waals surface area (Å²) in [5.74, 6) is -0.371. The highest BCUT2D eigenvalue weighted by molar-refractivity contribution is 5.34. The molecule has 0 spiro atoms. The van der Waals surface area contributed by atoms with E-state index in [4.69, 9.17) is 5.26 Å². The van der Waals surface area contributed by atoms with Crippen LogP contribution in [0.25, 0.3) is 0 Å². The van der Waals surface area contributed by atoms with Gasteiger partial charge in [0.2, 0.25) is 0 Å². The molecule has 1 aliphatic heterocycles. The third kappa shape index (κ3) is 2.94. The van der Waals surface area contributed by atoms with E-state index in [1.54, 1.807) is 12.1 Å². The molecule has 0 bridgehead atoms. The molecule has 1 aromatic rings. The standard InChI is InChI=1S/C15H20FN3/c1-11-8-19(9-12(2)18(11)3)10-14-6-4-5-13(7-17)15(14)16/h4-6,11-12H,8-10H2,1-3H3. The smallest absolute Gasteiger partial charge is 0.145 e. The van der Waals surface area contributed by atoms with Crippen molar-refractivity contribution >= 4 is 0 Å². The monoisotopic (exact) mass is 261 g/mol. The van der Waals surface area contributed by atoms with Crippen molar-refractivity contribution in [3.8, 4) is 6.07 Å². The van der Waals surface area contributed by atoms with E-state index in [-0.39, 0.29) is 11.4 Å². The fourth-order valence-corrected chi connectivity index (χ4v) is 2.67. The minimum atomic E-state index is -0.371. The summed E-state index contributed by atoms with van der Waals surface area (Å²) in [5, 5.41) is 8.86. The van der Waals surface area contributed by atoms with Crippen molar-refractivity contribution in [3.05, 3.63) is 35.1 Å². The lowest BCUT2D eigenvalue weighted by Crippen LogP contribution is -2.54. The summed E-state index contributed by atoms with van der Waals surface area (Å²) in [7, 11) is 2.13. The Balaban J connectivity index is 2.12. The van der Waals surface area contributed by atoms with Crippen LogP contribution in [0.15, 0.2) is 18.2 Å². The van der Waals surface area contributed by atoms with Crippen molar-refractivity contribution in [2.24, 2.45) is 0 Å². The molecule has 1 aliphatic rings. The highest BCUT2D eigenvalue weighted by atomic mass is 19.1. The molecule has 0 saturated carbocycles. The van der Waals surface area contributed by atoms with Gasteiger partial charge < -0.3 is 0 Å². The Hall–Kier alpha value is -1.44. The zero-order valence-corrected chi connectivity index (χ0v) is 11.7. The molecule has 1 fully saturated rings. The highest BCUT2D eigenvalue weighted by Crippen LogP contribution is 2.19. The third-order valence-corrected chi connectivity index (χ3v) is 4.03. The first-order valence-corrected chi connectivity index (χ1v) is 6.64. The lowest BCUT2D eigenvalue weighted by atomic mass is 10.1. The Bertz CT molecular complexity index is 483. The molecule has 0 aromatic heterocycles. The molecule has 0 radical (unpaired) electrons. The van der Waals surface area contributed by atoms with Crippen molar-refractivity contribution in [1.82, 2.24) is 9.80 Å². The van der Waals surface area contributed by atoms with E-state index in [1.165, 1.54) is 6.07 Å². The summed E-state index contributed by atoms with van der Waals surface area (Å²) in [6, 6.07) is 7.86. The van der Waals surface area contributed by atoms with Gasteiger partial charge in [0.05, 0.1) is 5.56 Å². The molecule has 19 heavy (non-hydrogen) atoms. The van der Waals surface area contributed by atoms with Gasteiger partial charge in [-0.15, -0.1) is 0 Å². The van der Waals surface area contributed by atoms with Crippen LogP contribution in [0.5, 0.6) is 0 Å². The normalized spacial score (nSPS) is 25.2. The largest absolute Gasteiger partial charge is 0.298 e. The van der Waals surface area contributed by atoms with Crippen LogP contribution in [-0.2, 0) is 6.54 Å². The van der Waals surface area contributed by atoms with Crippen molar-refractivity contribution in [1.29, 1.82) is 5.26 Å². The van der Waals surface area contributed by atoms with Gasteiger partial charge in [0, 0.05) is 37.3 Å². The van der Waals surface area contributed by atoms with Crippen molar-refractivity contribution in [3.63, 3.8) is 0 Å². The van der Waals surface area contributed by atoms with Crippen LogP contribution in [0, 0.1) is 17.1 Å². The van der Waals surface area contributed by atoms with Gasteiger partial charge in [-0.1, -0.05) is 12.1 Å². The third-order valence-electron chi connectivity index (χ3n) is 4.03. The van der Waals surface area contributed by atoms with Crippen LogP contribution in [0.2, 0.25) is 0 Å². The molecule has 1 saturated heterocycles. The first-order chi connectivity index (χ1) is 9.02. The number of benzene rings is 1. The van der Waals surface area contributed by atoms with Crippen LogP contribution in [0.3, 0.4) is 0 Å². The molecule has 4 heteroatoms. The number of halogens is 1. The fraction of sp³-hybridized carbons (Fsp3) is 0.533. The maximum Gasteiger partial charge on any atom is 0.145 e. The molecule has 1 aromatic carbocycles. The van der Waals surface area contributed by atoms with Gasteiger partial charge in [-0.05, 0) is 27.0 Å². The van der Waals surface area contributed by atoms with Crippen molar-refractivity contribution in [2.75, 3.05) is 20.1 Å². The second-order valence-electron chi connectivity index (χ2n) is 5.45. The predicted octanol–water partition coefficient (Wildman–Crippen LogP) is 2.22. The topological polar surface area (TPSA) is 30.3 Å². The van der Waals surface area contributed by atoms with Gasteiger partial charge in [0.1, 0.15) is 11.9 Å². The van der Waals surface area contributed by atoms with Crippen LogP contribution in [0.4, 0.5) is 4.39 Å². The quantitative estimate of drug-likeness (QED) is 0.817. The number of nitriles is 1. The van der Waals surface area contributed by atoms with Crippen molar-refractivity contribution in [2.45, 2.75) is 32.5 Å². The number of nitrogens with zero attached hydrogens (tertiary/aromatic N) is 3. The average Bonchev–Trinajstić information content (AvgIpc) is 2.38. The average molecular weight is 261 g/mol. The first-order valence-electron chi connectivity index (χ1n) is 6.64. The maximum atomic E-state index is 14.0. The van der Waals surface area contributed by atoms with E-state index in [0.717, 1.165) is 13.1 Å². The predicted molar refractivity (Wildman–Crippen MR) is 73.1 cm³/mol. The number of hydrogen-bond donors (Lipinski definition) is 0. The van der Waals surface area contributed by atoms with E-state index < -0.39 is 0 Å². The molecule has 3 nitrogen and oxygen atoms in total. The number of hydrogen-bond acceptors (Lipinski definition) is 3. The molecule has 2 unspecified atom stereocenters. The molecule has 0 aliphatic carbocycles. The van der Waals surface area contributed by atoms with Crippen molar-refractivity contribution < 1.29 is 4.39 Å². The molecule has 102 valence electrons. The van der Waals surface area contributed by atoms with E-state index >= 15 is 0 Å². The molecule has 2 atom stereocenters. The van der Waals surface area contributed by atoms with Gasteiger partial charge in [-0.2, -0.15) is 5.26 Å². The fourth-order valence-electron chi connectivity index (χ4n) is 2.67. The van der Waals surface area contributed by atoms with E-state index in [1.807, 2.05) is 6.07 Å². The number of rotatable bonds is 2. The Morgan fingerprint density at radius 1 is 1.32 bits per heavy atom. The highest BCUT2D eigenvalue weighted by Gasteiger charge is 2.26. The summed E-state index contributed by atoms with van der Waals surface area (Å²) in [6.07, 6.45) is 0. The Kier molecular flexibility index (Phi) is 4.18. The lowest BCUT2D eigenvalue weighted by molar-refractivity contribution is 0.0550. The van der Waals surface area contributed by atoms with Gasteiger partial charge in [0.15, 0.2) is 0 Å². The molecular weight excluding hydrogens is 241 g/mol. The Morgan fingerprint density at radius 3 is 2.53 bits per heavy atom. The van der Waals surface area contributed by atoms with E-state index in [9.17, 15) is 4.39 Å². The lowest BCUT2D eigenvalue weighted by Gasteiger charge is -2.42. The molecule has 2 rings (SSSR count). The van der Waals surface area contributed by atoms with Gasteiger partial charge >= 0.3 is 0 Å². The Morgan fingerprint density at radius 2 is 1.95 bits per heavy atom. The van der Waals surface area contributed by atoms with Crippen LogP contribution in [0.1, 0.15) is 25.0 Å². The van der Waals surface area contributed by atoms with Crippen LogP contribution in [-0.4, -0.2) is 42.0 Å². The van der Waals surface area contributed by atoms with Gasteiger partial charge in [-0.3, -0.25) is 9.80 Å². The SMILES string of the molecule is CC1CN(Cc2cccc(C#N)c2F)CC(C)N1C. The second-order valence-corrected chi connectivity index (χ2v) is 5.45. The molecule has 0 amide bonds. The zero-order valence-electron chi connectivity index (χ0n) is 11.7. The summed E-state index contributed by atoms with van der Waals surface area (Å²) < 4.78 is 14.0. The minimum Gasteiger partial charge on any atom is -0.298 e. The Labute approximate surface area is 114 Å². The second kappa shape index (κ2) is 5.68. The van der Waals surface area contributed by atoms with E-state index in [0.29, 0.717) is 24.2 Å². The van der Waals surface area contributed by atoms with E-state index in [2.05, 4.69) is 30.7 Å². The molecule has 0 N–H and O–H groups in total. The first kappa shape index (κ1) is 14.0. The van der Waals surface area contributed by atoms with Crippen LogP contribution < -0.4 is 0 Å². The summed E-state index contributed by atoms with van der Waals surface area (Å²) in [4.78, 5) is 4.60. The number of piperazine rings is 1. The summed E-state index contributed by atoms with van der Waals surface area (Å²) in [6.45, 7) is 6.80. The summed E-state index contributed by atoms with van der Waals surface area (Å²) >= 11 is 0. The summed E-state index contributed by atoms with van der Waals surface area (Å²) in [5.41, 5.74) is 0.746. The molecular formula is C15H20FN3. The maximum absolute atomic E-state index is 14.0. The minimum absolute atomic E-state index is 0.132. The van der Waals surface area contributed by atoms with Crippen LogP contribution >= 0.6 is 0 Å². The zero-order chi connectivity index (χ0) is 14.0. The molecule has 1 heterocycles. The number of likely N-dealkylation sites (N-methyl/N-ethyl adjacent to an activating group) is 1. The van der Waals surface area contributed by atoms with Gasteiger partial charge in [-0.25, -0.2) is 4.39 Å². The van der Waals surface area contributed by atoms with Gasteiger partial charge in [0.25, 0.3) is 0 Å².